The lowest BCUT2D eigenvalue weighted by molar-refractivity contribution is -0.118. The molecule has 1 N–H and O–H groups in total. The zero-order valence-electron chi connectivity index (χ0n) is 17.2. The Labute approximate surface area is 186 Å². The molecule has 3 rings (SSSR count). The van der Waals surface area contributed by atoms with Gasteiger partial charge < -0.3 is 15.1 Å². The SMILES string of the molecule is CCCNC(=O)CSc1nc(Cl)cc(N2CCN(C(=O)c3ccccc3)C(C)C2)n1. The summed E-state index contributed by atoms with van der Waals surface area (Å²) in [6, 6.07) is 11.1. The Morgan fingerprint density at radius 1 is 1.23 bits per heavy atom. The molecule has 1 atom stereocenters. The molecule has 2 aromatic rings. The number of amides is 2. The first-order valence-corrected chi connectivity index (χ1v) is 11.4. The monoisotopic (exact) mass is 447 g/mol. The van der Waals surface area contributed by atoms with Crippen LogP contribution in [0.25, 0.3) is 0 Å². The highest BCUT2D eigenvalue weighted by atomic mass is 35.5. The fraction of sp³-hybridized carbons (Fsp3) is 0.429. The van der Waals surface area contributed by atoms with Crippen LogP contribution in [0.5, 0.6) is 0 Å². The fourth-order valence-corrected chi connectivity index (χ4v) is 4.18. The lowest BCUT2D eigenvalue weighted by Crippen LogP contribution is -2.54. The van der Waals surface area contributed by atoms with Crippen molar-refractivity contribution < 1.29 is 9.59 Å². The third kappa shape index (κ3) is 5.86. The van der Waals surface area contributed by atoms with E-state index < -0.39 is 0 Å². The van der Waals surface area contributed by atoms with Gasteiger partial charge in [-0.05, 0) is 25.5 Å². The minimum Gasteiger partial charge on any atom is -0.355 e. The van der Waals surface area contributed by atoms with Crippen molar-refractivity contribution in [3.05, 3.63) is 47.1 Å². The zero-order chi connectivity index (χ0) is 21.5. The first-order valence-electron chi connectivity index (χ1n) is 10.0. The average molecular weight is 448 g/mol. The Kier molecular flexibility index (Phi) is 7.93. The van der Waals surface area contributed by atoms with Crippen LogP contribution in [0.3, 0.4) is 0 Å². The van der Waals surface area contributed by atoms with Crippen molar-refractivity contribution in [1.29, 1.82) is 0 Å². The van der Waals surface area contributed by atoms with Gasteiger partial charge in [-0.25, -0.2) is 9.97 Å². The lowest BCUT2D eigenvalue weighted by atomic mass is 10.1. The molecule has 1 fully saturated rings. The number of nitrogens with one attached hydrogen (secondary N) is 1. The van der Waals surface area contributed by atoms with Crippen molar-refractivity contribution in [2.45, 2.75) is 31.5 Å². The van der Waals surface area contributed by atoms with Gasteiger partial charge in [-0.15, -0.1) is 0 Å². The Bertz CT molecular complexity index is 883. The van der Waals surface area contributed by atoms with Crippen molar-refractivity contribution in [3.63, 3.8) is 0 Å². The van der Waals surface area contributed by atoms with Gasteiger partial charge in [-0.1, -0.05) is 48.5 Å². The van der Waals surface area contributed by atoms with E-state index in [2.05, 4.69) is 20.2 Å². The van der Waals surface area contributed by atoms with Crippen LogP contribution in [0.15, 0.2) is 41.6 Å². The number of hydrogen-bond donors (Lipinski definition) is 1. The number of piperazine rings is 1. The third-order valence-electron chi connectivity index (χ3n) is 4.80. The Morgan fingerprint density at radius 3 is 2.70 bits per heavy atom. The second-order valence-electron chi connectivity index (χ2n) is 7.13. The quantitative estimate of drug-likeness (QED) is 0.399. The number of hydrogen-bond acceptors (Lipinski definition) is 6. The standard InChI is InChI=1S/C21H26ClN5O2S/c1-3-9-23-19(28)14-30-21-24-17(22)12-18(25-21)26-10-11-27(15(2)13-26)20(29)16-7-5-4-6-8-16/h4-8,12,15H,3,9-11,13-14H2,1-2H3,(H,23,28). The summed E-state index contributed by atoms with van der Waals surface area (Å²) >= 11 is 7.47. The van der Waals surface area contributed by atoms with Crippen molar-refractivity contribution in [2.24, 2.45) is 0 Å². The molecule has 1 aromatic carbocycles. The summed E-state index contributed by atoms with van der Waals surface area (Å²) in [5, 5.41) is 3.65. The van der Waals surface area contributed by atoms with E-state index in [1.807, 2.05) is 49.1 Å². The topological polar surface area (TPSA) is 78.4 Å². The van der Waals surface area contributed by atoms with Crippen LogP contribution in [0.4, 0.5) is 5.82 Å². The Hall–Kier alpha value is -2.32. The molecule has 0 saturated carbocycles. The number of thioether (sulfide) groups is 1. The number of halogens is 1. The van der Waals surface area contributed by atoms with Crippen LogP contribution in [0, 0.1) is 0 Å². The van der Waals surface area contributed by atoms with E-state index in [0.717, 1.165) is 6.42 Å². The molecule has 160 valence electrons. The molecule has 9 heteroatoms. The number of benzene rings is 1. The number of rotatable bonds is 7. The number of nitrogens with zero attached hydrogens (tertiary/aromatic N) is 4. The normalized spacial score (nSPS) is 16.4. The van der Waals surface area contributed by atoms with Crippen LogP contribution in [-0.2, 0) is 4.79 Å². The van der Waals surface area contributed by atoms with Gasteiger partial charge in [0.25, 0.3) is 5.91 Å². The van der Waals surface area contributed by atoms with Crippen molar-refractivity contribution in [3.8, 4) is 0 Å². The van der Waals surface area contributed by atoms with Gasteiger partial charge in [0.15, 0.2) is 5.16 Å². The molecular formula is C21H26ClN5O2S. The average Bonchev–Trinajstić information content (AvgIpc) is 2.76. The number of anilines is 1. The summed E-state index contributed by atoms with van der Waals surface area (Å²) in [6.45, 7) is 6.59. The van der Waals surface area contributed by atoms with Crippen LogP contribution in [0.1, 0.15) is 30.6 Å². The fourth-order valence-electron chi connectivity index (χ4n) is 3.27. The van der Waals surface area contributed by atoms with Gasteiger partial charge in [0.05, 0.1) is 5.75 Å². The molecule has 1 aliphatic rings. The highest BCUT2D eigenvalue weighted by Gasteiger charge is 2.29. The molecule has 0 aliphatic carbocycles. The summed E-state index contributed by atoms with van der Waals surface area (Å²) in [7, 11) is 0. The maximum absolute atomic E-state index is 12.8. The summed E-state index contributed by atoms with van der Waals surface area (Å²) in [5.41, 5.74) is 0.697. The predicted octanol–water partition coefficient (Wildman–Crippen LogP) is 3.10. The highest BCUT2D eigenvalue weighted by molar-refractivity contribution is 7.99. The van der Waals surface area contributed by atoms with E-state index in [1.54, 1.807) is 6.07 Å². The lowest BCUT2D eigenvalue weighted by Gasteiger charge is -2.40. The molecule has 2 heterocycles. The molecule has 1 unspecified atom stereocenters. The summed E-state index contributed by atoms with van der Waals surface area (Å²) < 4.78 is 0. The Balaban J connectivity index is 1.63. The second-order valence-corrected chi connectivity index (χ2v) is 8.46. The maximum Gasteiger partial charge on any atom is 0.254 e. The molecule has 30 heavy (non-hydrogen) atoms. The first kappa shape index (κ1) is 22.4. The third-order valence-corrected chi connectivity index (χ3v) is 5.84. The molecule has 1 aromatic heterocycles. The van der Waals surface area contributed by atoms with E-state index in [1.165, 1.54) is 11.8 Å². The second kappa shape index (κ2) is 10.6. The van der Waals surface area contributed by atoms with Crippen molar-refractivity contribution in [2.75, 3.05) is 36.8 Å². The van der Waals surface area contributed by atoms with E-state index in [0.29, 0.717) is 47.9 Å². The van der Waals surface area contributed by atoms with Gasteiger partial charge in [0, 0.05) is 43.9 Å². The van der Waals surface area contributed by atoms with Crippen molar-refractivity contribution >= 4 is 41.0 Å². The van der Waals surface area contributed by atoms with E-state index >= 15 is 0 Å². The Morgan fingerprint density at radius 2 is 2.00 bits per heavy atom. The smallest absolute Gasteiger partial charge is 0.254 e. The molecule has 1 saturated heterocycles. The van der Waals surface area contributed by atoms with E-state index in [4.69, 9.17) is 11.6 Å². The van der Waals surface area contributed by atoms with Gasteiger partial charge >= 0.3 is 0 Å². The minimum atomic E-state index is -0.0476. The van der Waals surface area contributed by atoms with Gasteiger partial charge in [-0.3, -0.25) is 9.59 Å². The highest BCUT2D eigenvalue weighted by Crippen LogP contribution is 2.24. The molecular weight excluding hydrogens is 422 g/mol. The molecule has 0 radical (unpaired) electrons. The van der Waals surface area contributed by atoms with Crippen LogP contribution in [0.2, 0.25) is 5.15 Å². The van der Waals surface area contributed by atoms with E-state index in [-0.39, 0.29) is 23.6 Å². The van der Waals surface area contributed by atoms with E-state index in [9.17, 15) is 9.59 Å². The molecule has 1 aliphatic heterocycles. The number of carbonyl (C=O) groups is 2. The van der Waals surface area contributed by atoms with Gasteiger partial charge in [0.1, 0.15) is 11.0 Å². The molecule has 0 spiro atoms. The predicted molar refractivity (Wildman–Crippen MR) is 120 cm³/mol. The summed E-state index contributed by atoms with van der Waals surface area (Å²) in [5.74, 6) is 0.951. The molecule has 2 amide bonds. The molecule has 7 nitrogen and oxygen atoms in total. The van der Waals surface area contributed by atoms with Crippen molar-refractivity contribution in [1.82, 2.24) is 20.2 Å². The summed E-state index contributed by atoms with van der Waals surface area (Å²) in [4.78, 5) is 37.5. The van der Waals surface area contributed by atoms with Gasteiger partial charge in [-0.2, -0.15) is 0 Å². The number of aromatic nitrogens is 2. The molecule has 0 bridgehead atoms. The first-order chi connectivity index (χ1) is 14.5. The van der Waals surface area contributed by atoms with Crippen LogP contribution >= 0.6 is 23.4 Å². The largest absolute Gasteiger partial charge is 0.355 e. The number of carbonyl (C=O) groups excluding carboxylic acids is 2. The van der Waals surface area contributed by atoms with Crippen LogP contribution < -0.4 is 10.2 Å². The summed E-state index contributed by atoms with van der Waals surface area (Å²) in [6.07, 6.45) is 0.894. The zero-order valence-corrected chi connectivity index (χ0v) is 18.7. The van der Waals surface area contributed by atoms with Gasteiger partial charge in [0.2, 0.25) is 5.91 Å². The van der Waals surface area contributed by atoms with Crippen LogP contribution in [-0.4, -0.2) is 64.7 Å². The minimum absolute atomic E-state index is 0.0242. The maximum atomic E-state index is 12.8.